The van der Waals surface area contributed by atoms with Gasteiger partial charge in [0.25, 0.3) is 0 Å². The maximum atomic E-state index is 13.6. The van der Waals surface area contributed by atoms with E-state index < -0.39 is 21.9 Å². The fraction of sp³-hybridized carbons (Fsp3) is 0.344. The molecule has 3 aromatic carbocycles. The van der Waals surface area contributed by atoms with E-state index in [2.05, 4.69) is 11.9 Å². The molecule has 0 radical (unpaired) electrons. The number of fused-ring (bicyclic) bond motifs is 1. The van der Waals surface area contributed by atoms with Crippen molar-refractivity contribution in [2.24, 2.45) is 5.92 Å². The quantitative estimate of drug-likeness (QED) is 0.183. The van der Waals surface area contributed by atoms with Crippen molar-refractivity contribution in [1.29, 1.82) is 0 Å². The van der Waals surface area contributed by atoms with Gasteiger partial charge in [0.2, 0.25) is 21.8 Å². The molecule has 1 heterocycles. The van der Waals surface area contributed by atoms with E-state index in [0.29, 0.717) is 31.2 Å². The van der Waals surface area contributed by atoms with Crippen molar-refractivity contribution >= 4 is 38.6 Å². The Hall–Kier alpha value is -4.02. The number of carbonyl (C=O) groups excluding carboxylic acids is 3. The van der Waals surface area contributed by atoms with Crippen molar-refractivity contribution in [1.82, 2.24) is 14.5 Å². The largest absolute Gasteiger partial charge is 0.461 e. The van der Waals surface area contributed by atoms with Gasteiger partial charge in [-0.15, -0.1) is 0 Å². The van der Waals surface area contributed by atoms with E-state index in [1.807, 2.05) is 54.6 Å². The Morgan fingerprint density at radius 3 is 2.33 bits per heavy atom. The molecule has 42 heavy (non-hydrogen) atoms. The number of hydrogen-bond donors (Lipinski definition) is 1. The number of benzene rings is 3. The van der Waals surface area contributed by atoms with Gasteiger partial charge in [-0.05, 0) is 35.9 Å². The monoisotopic (exact) mass is 591 g/mol. The van der Waals surface area contributed by atoms with Gasteiger partial charge in [0.15, 0.2) is 0 Å². The topological polar surface area (TPSA) is 113 Å². The van der Waals surface area contributed by atoms with Crippen LogP contribution in [0.3, 0.4) is 0 Å². The molecule has 222 valence electrons. The summed E-state index contributed by atoms with van der Waals surface area (Å²) in [7, 11) is -3.76. The summed E-state index contributed by atoms with van der Waals surface area (Å²) in [6.45, 7) is 4.78. The Kier molecular flexibility index (Phi) is 10.9. The second kappa shape index (κ2) is 14.7. The lowest BCUT2D eigenvalue weighted by Gasteiger charge is -2.36. The van der Waals surface area contributed by atoms with Gasteiger partial charge in [-0.2, -0.15) is 4.31 Å². The zero-order valence-corrected chi connectivity index (χ0v) is 24.4. The molecule has 1 fully saturated rings. The van der Waals surface area contributed by atoms with Crippen molar-refractivity contribution in [3.63, 3.8) is 0 Å². The smallest absolute Gasteiger partial charge is 0.306 e. The Morgan fingerprint density at radius 2 is 1.60 bits per heavy atom. The number of ether oxygens (including phenoxy) is 1. The number of nitrogens with zero attached hydrogens (tertiary/aromatic N) is 2. The Labute approximate surface area is 247 Å². The molecule has 0 spiro atoms. The van der Waals surface area contributed by atoms with Crippen LogP contribution < -0.4 is 5.32 Å². The van der Waals surface area contributed by atoms with Gasteiger partial charge in [0.05, 0.1) is 11.3 Å². The molecule has 0 unspecified atom stereocenters. The fourth-order valence-corrected chi connectivity index (χ4v) is 6.71. The normalized spacial score (nSPS) is 14.7. The average molecular weight is 592 g/mol. The van der Waals surface area contributed by atoms with Crippen LogP contribution in [-0.4, -0.2) is 68.1 Å². The second-order valence-corrected chi connectivity index (χ2v) is 12.2. The fourth-order valence-electron chi connectivity index (χ4n) is 5.08. The van der Waals surface area contributed by atoms with Crippen LogP contribution in [-0.2, 0) is 35.8 Å². The number of carbonyl (C=O) groups is 3. The molecule has 0 aromatic heterocycles. The van der Waals surface area contributed by atoms with E-state index in [1.54, 1.807) is 23.1 Å². The van der Waals surface area contributed by atoms with E-state index in [0.717, 1.165) is 10.9 Å². The third kappa shape index (κ3) is 8.04. The summed E-state index contributed by atoms with van der Waals surface area (Å²) in [5, 5.41) is 4.22. The predicted molar refractivity (Wildman–Crippen MR) is 161 cm³/mol. The lowest BCUT2D eigenvalue weighted by Crippen LogP contribution is -2.52. The minimum absolute atomic E-state index is 0.0702. The number of sulfonamides is 1. The van der Waals surface area contributed by atoms with Gasteiger partial charge in [-0.1, -0.05) is 79.7 Å². The number of esters is 1. The third-order valence-corrected chi connectivity index (χ3v) is 9.34. The SMILES string of the molecule is C=CC(=O)NCCCC[C@H](CC(=O)OCc1ccccc1)C(=O)N1CCN(S(=O)(=O)c2cccc3ccccc23)CC1. The summed E-state index contributed by atoms with van der Waals surface area (Å²) in [5.74, 6) is -1.52. The molecular weight excluding hydrogens is 554 g/mol. The molecule has 10 heteroatoms. The first-order chi connectivity index (χ1) is 20.3. The standard InChI is InChI=1S/C32H37N3O6S/c1-2-30(36)33-18-9-8-14-27(23-31(37)41-24-25-11-4-3-5-12-25)32(38)34-19-21-35(22-20-34)42(39,40)29-17-10-15-26-13-6-7-16-28(26)29/h2-7,10-13,15-17,27H,1,8-9,14,18-24H2,(H,33,36)/t27-/m1/s1. The lowest BCUT2D eigenvalue weighted by molar-refractivity contribution is -0.150. The summed E-state index contributed by atoms with van der Waals surface area (Å²) in [6, 6.07) is 21.9. The van der Waals surface area contributed by atoms with Gasteiger partial charge >= 0.3 is 5.97 Å². The molecule has 1 N–H and O–H groups in total. The molecule has 0 aliphatic carbocycles. The van der Waals surface area contributed by atoms with Crippen molar-refractivity contribution in [3.05, 3.63) is 91.0 Å². The first-order valence-electron chi connectivity index (χ1n) is 14.2. The first kappa shape index (κ1) is 30.9. The van der Waals surface area contributed by atoms with Crippen LogP contribution in [0.1, 0.15) is 31.2 Å². The molecule has 1 atom stereocenters. The number of piperazine rings is 1. The molecule has 4 rings (SSSR count). The summed E-state index contributed by atoms with van der Waals surface area (Å²) < 4.78 is 34.0. The van der Waals surface area contributed by atoms with Gasteiger partial charge in [-0.25, -0.2) is 8.42 Å². The lowest BCUT2D eigenvalue weighted by atomic mass is 9.96. The molecule has 1 saturated heterocycles. The minimum Gasteiger partial charge on any atom is -0.461 e. The van der Waals surface area contributed by atoms with Crippen LogP contribution in [0.2, 0.25) is 0 Å². The summed E-state index contributed by atoms with van der Waals surface area (Å²) in [6.07, 6.45) is 2.83. The van der Waals surface area contributed by atoms with Crippen LogP contribution in [0.5, 0.6) is 0 Å². The first-order valence-corrected chi connectivity index (χ1v) is 15.6. The van der Waals surface area contributed by atoms with Crippen molar-refractivity contribution < 1.29 is 27.5 Å². The molecule has 3 aromatic rings. The van der Waals surface area contributed by atoms with Crippen LogP contribution in [0.25, 0.3) is 10.8 Å². The van der Waals surface area contributed by atoms with Crippen LogP contribution in [0.15, 0.2) is 90.3 Å². The van der Waals surface area contributed by atoms with Gasteiger partial charge in [0.1, 0.15) is 6.61 Å². The maximum absolute atomic E-state index is 13.6. The van der Waals surface area contributed by atoms with Gasteiger partial charge in [0, 0.05) is 44.0 Å². The van der Waals surface area contributed by atoms with Crippen molar-refractivity contribution in [2.45, 2.75) is 37.2 Å². The molecular formula is C32H37N3O6S. The van der Waals surface area contributed by atoms with Crippen LogP contribution in [0.4, 0.5) is 0 Å². The molecule has 1 aliphatic heterocycles. The van der Waals surface area contributed by atoms with Crippen molar-refractivity contribution in [2.75, 3.05) is 32.7 Å². The van der Waals surface area contributed by atoms with E-state index in [9.17, 15) is 22.8 Å². The maximum Gasteiger partial charge on any atom is 0.306 e. The number of amides is 2. The molecule has 9 nitrogen and oxygen atoms in total. The Balaban J connectivity index is 1.38. The zero-order chi connectivity index (χ0) is 30.0. The Bertz CT molecular complexity index is 1500. The molecule has 0 bridgehead atoms. The van der Waals surface area contributed by atoms with E-state index in [4.69, 9.17) is 4.74 Å². The number of nitrogens with one attached hydrogen (secondary N) is 1. The summed E-state index contributed by atoms with van der Waals surface area (Å²) >= 11 is 0. The number of rotatable bonds is 13. The highest BCUT2D eigenvalue weighted by Crippen LogP contribution is 2.27. The molecule has 1 aliphatic rings. The predicted octanol–water partition coefficient (Wildman–Crippen LogP) is 3.89. The van der Waals surface area contributed by atoms with E-state index in [1.165, 1.54) is 10.4 Å². The minimum atomic E-state index is -3.76. The van der Waals surface area contributed by atoms with Crippen LogP contribution in [0, 0.1) is 5.92 Å². The highest BCUT2D eigenvalue weighted by atomic mass is 32.2. The third-order valence-electron chi connectivity index (χ3n) is 7.39. The average Bonchev–Trinajstić information content (AvgIpc) is 3.02. The second-order valence-electron chi connectivity index (χ2n) is 10.2. The van der Waals surface area contributed by atoms with E-state index >= 15 is 0 Å². The molecule has 0 saturated carbocycles. The Morgan fingerprint density at radius 1 is 0.905 bits per heavy atom. The van der Waals surface area contributed by atoms with Crippen LogP contribution >= 0.6 is 0 Å². The van der Waals surface area contributed by atoms with Gasteiger partial charge in [-0.3, -0.25) is 14.4 Å². The van der Waals surface area contributed by atoms with E-state index in [-0.39, 0.29) is 55.9 Å². The number of unbranched alkanes of at least 4 members (excludes halogenated alkanes) is 1. The summed E-state index contributed by atoms with van der Waals surface area (Å²) in [5.41, 5.74) is 0.857. The van der Waals surface area contributed by atoms with Gasteiger partial charge < -0.3 is 15.0 Å². The highest BCUT2D eigenvalue weighted by Gasteiger charge is 2.34. The molecule has 2 amide bonds. The highest BCUT2D eigenvalue weighted by molar-refractivity contribution is 7.89. The number of hydrogen-bond acceptors (Lipinski definition) is 6. The van der Waals surface area contributed by atoms with Crippen molar-refractivity contribution in [3.8, 4) is 0 Å². The summed E-state index contributed by atoms with van der Waals surface area (Å²) in [4.78, 5) is 39.6. The zero-order valence-electron chi connectivity index (χ0n) is 23.6.